The van der Waals surface area contributed by atoms with Crippen LogP contribution in [-0.2, 0) is 0 Å². The van der Waals surface area contributed by atoms with Gasteiger partial charge in [0, 0.05) is 13.1 Å². The van der Waals surface area contributed by atoms with Crippen LogP contribution in [0.25, 0.3) is 0 Å². The SMILES string of the molecule is CC(C)Oc1cccc(N2CCC(CN)CC2)c1[N+](=O)[O-]. The zero-order valence-electron chi connectivity index (χ0n) is 12.6. The first-order chi connectivity index (χ1) is 10.0. The van der Waals surface area contributed by atoms with E-state index in [1.807, 2.05) is 19.9 Å². The Labute approximate surface area is 125 Å². The van der Waals surface area contributed by atoms with Crippen LogP contribution in [0.4, 0.5) is 11.4 Å². The molecule has 0 radical (unpaired) electrons. The van der Waals surface area contributed by atoms with Gasteiger partial charge in [0.05, 0.1) is 11.0 Å². The maximum atomic E-state index is 11.5. The van der Waals surface area contributed by atoms with E-state index in [0.717, 1.165) is 25.9 Å². The maximum Gasteiger partial charge on any atom is 0.333 e. The second-order valence-electron chi connectivity index (χ2n) is 5.71. The van der Waals surface area contributed by atoms with Gasteiger partial charge in [-0.2, -0.15) is 0 Å². The first kappa shape index (κ1) is 15.6. The fourth-order valence-electron chi connectivity index (χ4n) is 2.71. The first-order valence-electron chi connectivity index (χ1n) is 7.42. The molecule has 6 nitrogen and oxygen atoms in total. The van der Waals surface area contributed by atoms with Crippen LogP contribution < -0.4 is 15.4 Å². The minimum absolute atomic E-state index is 0.0670. The van der Waals surface area contributed by atoms with Gasteiger partial charge in [0.25, 0.3) is 0 Å². The van der Waals surface area contributed by atoms with Crippen molar-refractivity contribution in [2.24, 2.45) is 11.7 Å². The molecule has 0 saturated carbocycles. The summed E-state index contributed by atoms with van der Waals surface area (Å²) in [7, 11) is 0. The second kappa shape index (κ2) is 6.76. The molecule has 21 heavy (non-hydrogen) atoms. The van der Waals surface area contributed by atoms with Gasteiger partial charge in [-0.05, 0) is 51.3 Å². The van der Waals surface area contributed by atoms with Gasteiger partial charge in [-0.3, -0.25) is 10.1 Å². The number of hydrogen-bond acceptors (Lipinski definition) is 5. The highest BCUT2D eigenvalue weighted by Gasteiger charge is 2.28. The monoisotopic (exact) mass is 293 g/mol. The average Bonchev–Trinajstić information content (AvgIpc) is 2.46. The summed E-state index contributed by atoms with van der Waals surface area (Å²) in [5.41, 5.74) is 6.41. The second-order valence-corrected chi connectivity index (χ2v) is 5.71. The number of anilines is 1. The molecule has 1 aliphatic heterocycles. The van der Waals surface area contributed by atoms with Crippen LogP contribution in [0.3, 0.4) is 0 Å². The summed E-state index contributed by atoms with van der Waals surface area (Å²) in [6, 6.07) is 5.28. The summed E-state index contributed by atoms with van der Waals surface area (Å²) < 4.78 is 5.59. The Hall–Kier alpha value is -1.82. The summed E-state index contributed by atoms with van der Waals surface area (Å²) in [6.45, 7) is 6.01. The lowest BCUT2D eigenvalue weighted by Gasteiger charge is -2.33. The summed E-state index contributed by atoms with van der Waals surface area (Å²) in [6.07, 6.45) is 1.85. The van der Waals surface area contributed by atoms with Gasteiger partial charge in [-0.25, -0.2) is 0 Å². The number of hydrogen-bond donors (Lipinski definition) is 1. The van der Waals surface area contributed by atoms with Crippen molar-refractivity contribution in [1.29, 1.82) is 0 Å². The van der Waals surface area contributed by atoms with E-state index in [2.05, 4.69) is 4.90 Å². The number of nitrogens with two attached hydrogens (primary N) is 1. The number of rotatable bonds is 5. The molecule has 0 amide bonds. The van der Waals surface area contributed by atoms with Crippen molar-refractivity contribution < 1.29 is 9.66 Å². The van der Waals surface area contributed by atoms with Gasteiger partial charge >= 0.3 is 5.69 Å². The van der Waals surface area contributed by atoms with Crippen LogP contribution in [0.15, 0.2) is 18.2 Å². The molecule has 0 spiro atoms. The van der Waals surface area contributed by atoms with E-state index in [0.29, 0.717) is 23.9 Å². The molecule has 0 aromatic heterocycles. The quantitative estimate of drug-likeness (QED) is 0.666. The molecule has 1 fully saturated rings. The number of nitro groups is 1. The molecule has 1 saturated heterocycles. The van der Waals surface area contributed by atoms with Crippen LogP contribution in [0.1, 0.15) is 26.7 Å². The highest BCUT2D eigenvalue weighted by atomic mass is 16.6. The third kappa shape index (κ3) is 3.64. The molecule has 0 aliphatic carbocycles. The van der Waals surface area contributed by atoms with Gasteiger partial charge in [-0.1, -0.05) is 6.07 Å². The molecule has 0 unspecified atom stereocenters. The van der Waals surface area contributed by atoms with E-state index in [1.165, 1.54) is 0 Å². The van der Waals surface area contributed by atoms with E-state index in [9.17, 15) is 10.1 Å². The zero-order chi connectivity index (χ0) is 15.4. The van der Waals surface area contributed by atoms with Gasteiger partial charge in [0.2, 0.25) is 0 Å². The fraction of sp³-hybridized carbons (Fsp3) is 0.600. The summed E-state index contributed by atoms with van der Waals surface area (Å²) in [5, 5.41) is 11.5. The first-order valence-corrected chi connectivity index (χ1v) is 7.42. The summed E-state index contributed by atoms with van der Waals surface area (Å²) in [4.78, 5) is 13.2. The third-order valence-corrected chi connectivity index (χ3v) is 3.81. The highest BCUT2D eigenvalue weighted by molar-refractivity contribution is 5.70. The van der Waals surface area contributed by atoms with Crippen molar-refractivity contribution in [2.75, 3.05) is 24.5 Å². The van der Waals surface area contributed by atoms with Crippen LogP contribution in [-0.4, -0.2) is 30.7 Å². The molecule has 6 heteroatoms. The predicted molar refractivity (Wildman–Crippen MR) is 82.9 cm³/mol. The van der Waals surface area contributed by atoms with Gasteiger partial charge in [0.1, 0.15) is 5.69 Å². The maximum absolute atomic E-state index is 11.5. The molecule has 0 bridgehead atoms. The molecule has 2 N–H and O–H groups in total. The van der Waals surface area contributed by atoms with E-state index in [4.69, 9.17) is 10.5 Å². The molecule has 1 aromatic carbocycles. The van der Waals surface area contributed by atoms with Crippen LogP contribution in [0.5, 0.6) is 5.75 Å². The Kier molecular flexibility index (Phi) is 5.01. The number of ether oxygens (including phenoxy) is 1. The minimum Gasteiger partial charge on any atom is -0.484 e. The van der Waals surface area contributed by atoms with E-state index >= 15 is 0 Å². The molecular formula is C15H23N3O3. The Balaban J connectivity index is 2.28. The van der Waals surface area contributed by atoms with Crippen LogP contribution >= 0.6 is 0 Å². The number of benzene rings is 1. The lowest BCUT2D eigenvalue weighted by molar-refractivity contribution is -0.385. The van der Waals surface area contributed by atoms with Crippen LogP contribution in [0.2, 0.25) is 0 Å². The molecule has 116 valence electrons. The lowest BCUT2D eigenvalue weighted by atomic mass is 9.96. The van der Waals surface area contributed by atoms with Crippen molar-refractivity contribution in [3.63, 3.8) is 0 Å². The van der Waals surface area contributed by atoms with Crippen molar-refractivity contribution in [3.05, 3.63) is 28.3 Å². The Morgan fingerprint density at radius 2 is 2.10 bits per heavy atom. The van der Waals surface area contributed by atoms with Crippen LogP contribution in [0, 0.1) is 16.0 Å². The normalized spacial score (nSPS) is 16.3. The summed E-state index contributed by atoms with van der Waals surface area (Å²) >= 11 is 0. The third-order valence-electron chi connectivity index (χ3n) is 3.81. The molecule has 0 atom stereocenters. The number of nitro benzene ring substituents is 1. The molecular weight excluding hydrogens is 270 g/mol. The van der Waals surface area contributed by atoms with Crippen molar-refractivity contribution in [1.82, 2.24) is 0 Å². The van der Waals surface area contributed by atoms with E-state index in [1.54, 1.807) is 12.1 Å². The topological polar surface area (TPSA) is 81.6 Å². The number of nitrogens with zero attached hydrogens (tertiary/aromatic N) is 2. The summed E-state index contributed by atoms with van der Waals surface area (Å²) in [5.74, 6) is 0.865. The Bertz CT molecular complexity index is 497. The molecule has 1 heterocycles. The predicted octanol–water partition coefficient (Wildman–Crippen LogP) is 2.56. The van der Waals surface area contributed by atoms with Crippen molar-refractivity contribution in [3.8, 4) is 5.75 Å². The van der Waals surface area contributed by atoms with Gasteiger partial charge in [0.15, 0.2) is 5.75 Å². The lowest BCUT2D eigenvalue weighted by Crippen LogP contribution is -2.36. The van der Waals surface area contributed by atoms with E-state index in [-0.39, 0.29) is 16.7 Å². The highest BCUT2D eigenvalue weighted by Crippen LogP contribution is 2.39. The van der Waals surface area contributed by atoms with Gasteiger partial charge in [-0.15, -0.1) is 0 Å². The average molecular weight is 293 g/mol. The van der Waals surface area contributed by atoms with Crippen molar-refractivity contribution in [2.45, 2.75) is 32.8 Å². The van der Waals surface area contributed by atoms with Crippen molar-refractivity contribution >= 4 is 11.4 Å². The molecule has 2 rings (SSSR count). The number of piperidine rings is 1. The van der Waals surface area contributed by atoms with Gasteiger partial charge < -0.3 is 15.4 Å². The fourth-order valence-corrected chi connectivity index (χ4v) is 2.71. The smallest absolute Gasteiger partial charge is 0.333 e. The standard InChI is InChI=1S/C15H23N3O3/c1-11(2)21-14-5-3-4-13(15(14)18(19)20)17-8-6-12(10-16)7-9-17/h3-5,11-12H,6-10,16H2,1-2H3. The largest absolute Gasteiger partial charge is 0.484 e. The minimum atomic E-state index is -0.345. The number of para-hydroxylation sites is 1. The molecule has 1 aromatic rings. The van der Waals surface area contributed by atoms with E-state index < -0.39 is 0 Å². The Morgan fingerprint density at radius 1 is 1.43 bits per heavy atom. The zero-order valence-corrected chi connectivity index (χ0v) is 12.6. The Morgan fingerprint density at radius 3 is 2.62 bits per heavy atom. The molecule has 1 aliphatic rings.